The van der Waals surface area contributed by atoms with Gasteiger partial charge in [0.25, 0.3) is 0 Å². The van der Waals surface area contributed by atoms with E-state index in [2.05, 4.69) is 11.3 Å². The van der Waals surface area contributed by atoms with Gasteiger partial charge in [0.1, 0.15) is 23.0 Å². The first-order valence-corrected chi connectivity index (χ1v) is 12.2. The zero-order valence-corrected chi connectivity index (χ0v) is 21.3. The molecule has 37 heavy (non-hydrogen) atoms. The van der Waals surface area contributed by atoms with E-state index < -0.39 is 12.3 Å². The van der Waals surface area contributed by atoms with Crippen molar-refractivity contribution in [3.63, 3.8) is 0 Å². The first kappa shape index (κ1) is 29.5. The van der Waals surface area contributed by atoms with Crippen molar-refractivity contribution in [1.82, 2.24) is 0 Å². The normalized spacial score (nSPS) is 13.8. The van der Waals surface area contributed by atoms with E-state index in [9.17, 15) is 23.1 Å². The summed E-state index contributed by atoms with van der Waals surface area (Å²) < 4.78 is 53.8. The van der Waals surface area contributed by atoms with Gasteiger partial charge < -0.3 is 19.3 Å². The van der Waals surface area contributed by atoms with Crippen molar-refractivity contribution in [3.05, 3.63) is 84.2 Å². The summed E-state index contributed by atoms with van der Waals surface area (Å²) in [5, 5.41) is 9.22. The predicted octanol–water partition coefficient (Wildman–Crippen LogP) is 7.97. The van der Waals surface area contributed by atoms with E-state index in [0.29, 0.717) is 52.9 Å². The maximum Gasteiger partial charge on any atom is 0.573 e. The number of halogens is 3. The van der Waals surface area contributed by atoms with Crippen LogP contribution in [0.4, 0.5) is 13.2 Å². The molecule has 1 fully saturated rings. The number of hydrogen-bond acceptors (Lipinski definition) is 4. The van der Waals surface area contributed by atoms with Crippen LogP contribution in [-0.2, 0) is 11.2 Å². The average molecular weight is 519 g/mol. The number of carboxylic acids is 1. The monoisotopic (exact) mass is 518 g/mol. The molecule has 0 bridgehead atoms. The second-order valence-electron chi connectivity index (χ2n) is 8.14. The van der Waals surface area contributed by atoms with Crippen LogP contribution in [-0.4, -0.2) is 24.0 Å². The number of allylic oxidation sites excluding steroid dienone is 4. The van der Waals surface area contributed by atoms with Gasteiger partial charge in [-0.2, -0.15) is 0 Å². The van der Waals surface area contributed by atoms with Crippen molar-refractivity contribution < 1.29 is 37.3 Å². The van der Waals surface area contributed by atoms with Gasteiger partial charge in [0.2, 0.25) is 0 Å². The number of rotatable bonds is 12. The van der Waals surface area contributed by atoms with Crippen molar-refractivity contribution in [2.75, 3.05) is 6.61 Å². The van der Waals surface area contributed by atoms with Crippen LogP contribution in [0.15, 0.2) is 73.0 Å². The highest BCUT2D eigenvalue weighted by molar-refractivity contribution is 5.71. The topological polar surface area (TPSA) is 65.0 Å². The highest BCUT2D eigenvalue weighted by Crippen LogP contribution is 2.32. The molecule has 3 rings (SSSR count). The summed E-state index contributed by atoms with van der Waals surface area (Å²) in [5.74, 6) is 0.490. The molecule has 2 aromatic carbocycles. The Hall–Kier alpha value is -3.68. The standard InChI is InChI=1S/C27H27F3O5.C2H6/c1-3-6-22(14-20(4-2)21-7-5-8-23(15-21)35-27(28,29)30)34-25-12-19(13-26(31)32)11-24(16-25)33-17-18-9-10-18;1-2/h3,5-8,11-12,14-16,18H,1,4,9-10,13,17H2,2H3,(H,31,32);1-2H3/b20-14+,22-6+;. The molecule has 200 valence electrons. The summed E-state index contributed by atoms with van der Waals surface area (Å²) in [4.78, 5) is 11.3. The second kappa shape index (κ2) is 14.2. The molecule has 0 amide bonds. The number of ether oxygens (including phenoxy) is 3. The molecule has 0 aliphatic heterocycles. The predicted molar refractivity (Wildman–Crippen MR) is 138 cm³/mol. The summed E-state index contributed by atoms with van der Waals surface area (Å²) in [6, 6.07) is 10.7. The van der Waals surface area contributed by atoms with Crippen LogP contribution in [0.3, 0.4) is 0 Å². The van der Waals surface area contributed by atoms with E-state index in [1.165, 1.54) is 24.3 Å². The Morgan fingerprint density at radius 2 is 1.81 bits per heavy atom. The fourth-order valence-electron chi connectivity index (χ4n) is 3.37. The molecule has 0 unspecified atom stereocenters. The minimum absolute atomic E-state index is 0.195. The lowest BCUT2D eigenvalue weighted by molar-refractivity contribution is -0.274. The Morgan fingerprint density at radius 3 is 2.41 bits per heavy atom. The van der Waals surface area contributed by atoms with E-state index >= 15 is 0 Å². The van der Waals surface area contributed by atoms with Gasteiger partial charge in [-0.05, 0) is 78.3 Å². The minimum Gasteiger partial charge on any atom is -0.493 e. The highest BCUT2D eigenvalue weighted by Gasteiger charge is 2.31. The Labute approximate surface area is 215 Å². The third-order valence-electron chi connectivity index (χ3n) is 5.13. The third kappa shape index (κ3) is 10.9. The summed E-state index contributed by atoms with van der Waals surface area (Å²) >= 11 is 0. The molecule has 1 saturated carbocycles. The van der Waals surface area contributed by atoms with E-state index in [4.69, 9.17) is 9.47 Å². The van der Waals surface area contributed by atoms with E-state index in [1.54, 1.807) is 36.4 Å². The first-order valence-electron chi connectivity index (χ1n) is 12.2. The Bertz CT molecular complexity index is 1110. The zero-order valence-electron chi connectivity index (χ0n) is 21.3. The number of benzene rings is 2. The molecular formula is C29H33F3O5. The maximum atomic E-state index is 12.6. The molecule has 2 aromatic rings. The highest BCUT2D eigenvalue weighted by atomic mass is 19.4. The number of alkyl halides is 3. The van der Waals surface area contributed by atoms with Crippen LogP contribution >= 0.6 is 0 Å². The van der Waals surface area contributed by atoms with Crippen LogP contribution in [0.1, 0.15) is 51.2 Å². The Kier molecular flexibility index (Phi) is 11.3. The van der Waals surface area contributed by atoms with Crippen molar-refractivity contribution in [2.45, 2.75) is 52.8 Å². The molecular weight excluding hydrogens is 485 g/mol. The maximum absolute atomic E-state index is 12.6. The van der Waals surface area contributed by atoms with Crippen molar-refractivity contribution >= 4 is 11.5 Å². The molecule has 0 saturated heterocycles. The molecule has 8 heteroatoms. The lowest BCUT2D eigenvalue weighted by Crippen LogP contribution is -2.17. The van der Waals surface area contributed by atoms with Crippen molar-refractivity contribution in [2.24, 2.45) is 5.92 Å². The number of carboxylic acid groups (broad SMARTS) is 1. The smallest absolute Gasteiger partial charge is 0.493 e. The minimum atomic E-state index is -4.79. The van der Waals surface area contributed by atoms with Gasteiger partial charge in [0.15, 0.2) is 0 Å². The summed E-state index contributed by atoms with van der Waals surface area (Å²) in [7, 11) is 0. The zero-order chi connectivity index (χ0) is 27.4. The Morgan fingerprint density at radius 1 is 1.11 bits per heavy atom. The lowest BCUT2D eigenvalue weighted by atomic mass is 10.0. The van der Waals surface area contributed by atoms with E-state index in [0.717, 1.165) is 12.8 Å². The fraction of sp³-hybridized carbons (Fsp3) is 0.345. The molecule has 0 aromatic heterocycles. The number of aliphatic carboxylic acids is 1. The molecule has 0 atom stereocenters. The largest absolute Gasteiger partial charge is 0.573 e. The van der Waals surface area contributed by atoms with Gasteiger partial charge in [-0.25, -0.2) is 0 Å². The molecule has 1 N–H and O–H groups in total. The van der Waals surface area contributed by atoms with Crippen LogP contribution in [0.25, 0.3) is 5.57 Å². The Balaban J connectivity index is 0.00000235. The van der Waals surface area contributed by atoms with Gasteiger partial charge in [0, 0.05) is 6.07 Å². The van der Waals surface area contributed by atoms with Gasteiger partial charge in [0.05, 0.1) is 13.0 Å². The lowest BCUT2D eigenvalue weighted by Gasteiger charge is -2.14. The van der Waals surface area contributed by atoms with Gasteiger partial charge in [-0.3, -0.25) is 4.79 Å². The fourth-order valence-corrected chi connectivity index (χ4v) is 3.37. The summed E-state index contributed by atoms with van der Waals surface area (Å²) in [5.41, 5.74) is 1.77. The van der Waals surface area contributed by atoms with E-state index in [-0.39, 0.29) is 12.2 Å². The van der Waals surface area contributed by atoms with Gasteiger partial charge >= 0.3 is 12.3 Å². The summed E-state index contributed by atoms with van der Waals surface area (Å²) in [6.07, 6.45) is 2.58. The number of carbonyl (C=O) groups is 1. The molecule has 5 nitrogen and oxygen atoms in total. The second-order valence-corrected chi connectivity index (χ2v) is 8.14. The summed E-state index contributed by atoms with van der Waals surface area (Å²) in [6.45, 7) is 10.1. The molecule has 0 spiro atoms. The average Bonchev–Trinajstić information content (AvgIpc) is 3.66. The van der Waals surface area contributed by atoms with Crippen LogP contribution in [0, 0.1) is 5.92 Å². The molecule has 0 heterocycles. The SMILES string of the molecule is C=C/C=C(\C=C(/CC)c1cccc(OC(F)(F)F)c1)Oc1cc(CC(=O)O)cc(OCC2CC2)c1.CC. The van der Waals surface area contributed by atoms with E-state index in [1.807, 2.05) is 20.8 Å². The first-order chi connectivity index (χ1) is 17.6. The van der Waals surface area contributed by atoms with Crippen LogP contribution in [0.2, 0.25) is 0 Å². The van der Waals surface area contributed by atoms with Crippen molar-refractivity contribution in [1.29, 1.82) is 0 Å². The van der Waals surface area contributed by atoms with Gasteiger partial charge in [-0.1, -0.05) is 45.6 Å². The van der Waals surface area contributed by atoms with Crippen LogP contribution in [0.5, 0.6) is 17.2 Å². The van der Waals surface area contributed by atoms with Gasteiger partial charge in [-0.15, -0.1) is 13.2 Å². The number of hydrogen-bond donors (Lipinski definition) is 1. The van der Waals surface area contributed by atoms with Crippen molar-refractivity contribution in [3.8, 4) is 17.2 Å². The third-order valence-corrected chi connectivity index (χ3v) is 5.13. The molecule has 1 aliphatic rings. The quantitative estimate of drug-likeness (QED) is 0.228. The van der Waals surface area contributed by atoms with Crippen LogP contribution < -0.4 is 14.2 Å². The molecule has 1 aliphatic carbocycles. The molecule has 0 radical (unpaired) electrons.